The van der Waals surface area contributed by atoms with Crippen LogP contribution in [0.3, 0.4) is 0 Å². The first-order valence-electron chi connectivity index (χ1n) is 8.11. The Kier molecular flexibility index (Phi) is 5.44. The normalized spacial score (nSPS) is 18.6. The highest BCUT2D eigenvalue weighted by molar-refractivity contribution is 6.42. The summed E-state index contributed by atoms with van der Waals surface area (Å²) in [6.45, 7) is 0.755. The van der Waals surface area contributed by atoms with Crippen molar-refractivity contribution in [2.45, 2.75) is 31.3 Å². The quantitative estimate of drug-likeness (QED) is 0.852. The molecule has 2 atom stereocenters. The maximum absolute atomic E-state index is 12.8. The molecule has 1 aliphatic heterocycles. The van der Waals surface area contributed by atoms with Gasteiger partial charge in [0.05, 0.1) is 16.1 Å². The molecule has 2 N–H and O–H groups in total. The summed E-state index contributed by atoms with van der Waals surface area (Å²) in [5.41, 5.74) is 8.22. The van der Waals surface area contributed by atoms with Crippen molar-refractivity contribution in [3.8, 4) is 0 Å². The summed E-state index contributed by atoms with van der Waals surface area (Å²) in [5, 5.41) is 1.05. The van der Waals surface area contributed by atoms with E-state index in [0.717, 1.165) is 30.5 Å². The summed E-state index contributed by atoms with van der Waals surface area (Å²) in [6, 6.07) is 15.1. The number of amides is 1. The fourth-order valence-corrected chi connectivity index (χ4v) is 3.56. The Morgan fingerprint density at radius 3 is 2.62 bits per heavy atom. The Bertz CT molecular complexity index is 721. The van der Waals surface area contributed by atoms with Gasteiger partial charge >= 0.3 is 0 Å². The molecule has 5 heteroatoms. The van der Waals surface area contributed by atoms with Crippen LogP contribution in [0.25, 0.3) is 0 Å². The Labute approximate surface area is 152 Å². The zero-order chi connectivity index (χ0) is 17.1. The van der Waals surface area contributed by atoms with Gasteiger partial charge in [0.2, 0.25) is 5.91 Å². The summed E-state index contributed by atoms with van der Waals surface area (Å²) in [7, 11) is 0. The van der Waals surface area contributed by atoms with Crippen molar-refractivity contribution < 1.29 is 4.79 Å². The average Bonchev–Trinajstić information content (AvgIpc) is 3.08. The number of carbonyl (C=O) groups excluding carboxylic acids is 1. The Balaban J connectivity index is 1.72. The van der Waals surface area contributed by atoms with Crippen molar-refractivity contribution in [1.82, 2.24) is 4.90 Å². The topological polar surface area (TPSA) is 46.3 Å². The highest BCUT2D eigenvalue weighted by Gasteiger charge is 2.31. The van der Waals surface area contributed by atoms with Crippen molar-refractivity contribution in [1.29, 1.82) is 0 Å². The van der Waals surface area contributed by atoms with E-state index in [1.54, 1.807) is 6.07 Å². The lowest BCUT2D eigenvalue weighted by Crippen LogP contribution is -2.33. The van der Waals surface area contributed by atoms with Crippen LogP contribution >= 0.6 is 23.2 Å². The third kappa shape index (κ3) is 3.75. The van der Waals surface area contributed by atoms with Crippen LogP contribution in [0, 0.1) is 0 Å². The molecule has 126 valence electrons. The largest absolute Gasteiger partial charge is 0.336 e. The van der Waals surface area contributed by atoms with E-state index in [-0.39, 0.29) is 18.0 Å². The molecule has 0 saturated carbocycles. The second kappa shape index (κ2) is 7.56. The number of rotatable bonds is 4. The van der Waals surface area contributed by atoms with Crippen molar-refractivity contribution >= 4 is 29.1 Å². The molecule has 2 aromatic rings. The van der Waals surface area contributed by atoms with Gasteiger partial charge in [-0.1, -0.05) is 59.6 Å². The van der Waals surface area contributed by atoms with Crippen LogP contribution in [0.15, 0.2) is 48.5 Å². The van der Waals surface area contributed by atoms with Crippen LogP contribution in [0.2, 0.25) is 10.0 Å². The van der Waals surface area contributed by atoms with Crippen LogP contribution in [0.5, 0.6) is 0 Å². The standard InChI is InChI=1S/C19H20Cl2N2O/c20-15-9-8-14(11-16(15)21)18-7-4-10-23(18)19(24)12-17(22)13-5-2-1-3-6-13/h1-3,5-6,8-9,11,17-18H,4,7,10,12,22H2. The van der Waals surface area contributed by atoms with Crippen molar-refractivity contribution in [3.05, 3.63) is 69.7 Å². The van der Waals surface area contributed by atoms with E-state index in [1.807, 2.05) is 47.4 Å². The molecular weight excluding hydrogens is 343 g/mol. The van der Waals surface area contributed by atoms with Crippen LogP contribution in [-0.2, 0) is 4.79 Å². The van der Waals surface area contributed by atoms with Gasteiger partial charge in [0.1, 0.15) is 0 Å². The predicted molar refractivity (Wildman–Crippen MR) is 98.1 cm³/mol. The average molecular weight is 363 g/mol. The SMILES string of the molecule is NC(CC(=O)N1CCCC1c1ccc(Cl)c(Cl)c1)c1ccccc1. The number of benzene rings is 2. The molecule has 3 nitrogen and oxygen atoms in total. The van der Waals surface area contributed by atoms with E-state index >= 15 is 0 Å². The molecule has 2 unspecified atom stereocenters. The van der Waals surface area contributed by atoms with Crippen LogP contribution in [-0.4, -0.2) is 17.4 Å². The first kappa shape index (κ1) is 17.3. The Morgan fingerprint density at radius 2 is 1.92 bits per heavy atom. The molecule has 1 saturated heterocycles. The molecule has 1 heterocycles. The third-order valence-electron chi connectivity index (χ3n) is 4.52. The van der Waals surface area contributed by atoms with Gasteiger partial charge in [0.25, 0.3) is 0 Å². The van der Waals surface area contributed by atoms with Crippen LogP contribution in [0.1, 0.15) is 42.5 Å². The molecule has 2 aromatic carbocycles. The molecule has 1 aliphatic rings. The minimum Gasteiger partial charge on any atom is -0.336 e. The molecule has 3 rings (SSSR count). The number of hydrogen-bond acceptors (Lipinski definition) is 2. The molecule has 24 heavy (non-hydrogen) atoms. The number of hydrogen-bond donors (Lipinski definition) is 1. The van der Waals surface area contributed by atoms with Gasteiger partial charge in [-0.3, -0.25) is 4.79 Å². The Morgan fingerprint density at radius 1 is 1.17 bits per heavy atom. The van der Waals surface area contributed by atoms with E-state index in [1.165, 1.54) is 0 Å². The predicted octanol–water partition coefficient (Wildman–Crippen LogP) is 4.75. The minimum atomic E-state index is -0.284. The highest BCUT2D eigenvalue weighted by atomic mass is 35.5. The number of nitrogens with zero attached hydrogens (tertiary/aromatic N) is 1. The molecule has 1 amide bonds. The van der Waals surface area contributed by atoms with E-state index in [9.17, 15) is 4.79 Å². The van der Waals surface area contributed by atoms with E-state index < -0.39 is 0 Å². The fraction of sp³-hybridized carbons (Fsp3) is 0.316. The van der Waals surface area contributed by atoms with E-state index in [2.05, 4.69) is 0 Å². The lowest BCUT2D eigenvalue weighted by atomic mass is 10.0. The molecule has 0 aliphatic carbocycles. The second-order valence-electron chi connectivity index (χ2n) is 6.14. The lowest BCUT2D eigenvalue weighted by Gasteiger charge is -2.26. The summed E-state index contributed by atoms with van der Waals surface area (Å²) < 4.78 is 0. The van der Waals surface area contributed by atoms with Crippen molar-refractivity contribution in [3.63, 3.8) is 0 Å². The summed E-state index contributed by atoms with van der Waals surface area (Å²) in [6.07, 6.45) is 2.23. The minimum absolute atomic E-state index is 0.0511. The molecule has 0 bridgehead atoms. The number of halogens is 2. The smallest absolute Gasteiger partial charge is 0.224 e. The van der Waals surface area contributed by atoms with Gasteiger partial charge in [-0.05, 0) is 36.1 Å². The molecule has 1 fully saturated rings. The fourth-order valence-electron chi connectivity index (χ4n) is 3.25. The van der Waals surface area contributed by atoms with E-state index in [0.29, 0.717) is 16.5 Å². The summed E-state index contributed by atoms with van der Waals surface area (Å²) in [4.78, 5) is 14.7. The van der Waals surface area contributed by atoms with Crippen molar-refractivity contribution in [2.75, 3.05) is 6.54 Å². The highest BCUT2D eigenvalue weighted by Crippen LogP contribution is 2.35. The monoisotopic (exact) mass is 362 g/mol. The van der Waals surface area contributed by atoms with Gasteiger partial charge in [-0.15, -0.1) is 0 Å². The van der Waals surface area contributed by atoms with Crippen LogP contribution < -0.4 is 5.73 Å². The number of likely N-dealkylation sites (tertiary alicyclic amines) is 1. The maximum atomic E-state index is 12.8. The zero-order valence-electron chi connectivity index (χ0n) is 13.3. The summed E-state index contributed by atoms with van der Waals surface area (Å²) >= 11 is 12.1. The van der Waals surface area contributed by atoms with E-state index in [4.69, 9.17) is 28.9 Å². The second-order valence-corrected chi connectivity index (χ2v) is 6.95. The number of carbonyl (C=O) groups is 1. The third-order valence-corrected chi connectivity index (χ3v) is 5.26. The molecular formula is C19H20Cl2N2O. The number of nitrogens with two attached hydrogens (primary N) is 1. The Hall–Kier alpha value is -1.55. The molecule has 0 spiro atoms. The van der Waals surface area contributed by atoms with Gasteiger partial charge in [-0.2, -0.15) is 0 Å². The van der Waals surface area contributed by atoms with Gasteiger partial charge in [0.15, 0.2) is 0 Å². The summed E-state index contributed by atoms with van der Waals surface area (Å²) in [5.74, 6) is 0.0833. The van der Waals surface area contributed by atoms with Gasteiger partial charge in [-0.25, -0.2) is 0 Å². The van der Waals surface area contributed by atoms with Gasteiger partial charge in [0, 0.05) is 19.0 Å². The molecule has 0 aromatic heterocycles. The zero-order valence-corrected chi connectivity index (χ0v) is 14.8. The lowest BCUT2D eigenvalue weighted by molar-refractivity contribution is -0.132. The maximum Gasteiger partial charge on any atom is 0.224 e. The first-order valence-corrected chi connectivity index (χ1v) is 8.87. The molecule has 0 radical (unpaired) electrons. The van der Waals surface area contributed by atoms with Crippen LogP contribution in [0.4, 0.5) is 0 Å². The first-order chi connectivity index (χ1) is 11.6. The van der Waals surface area contributed by atoms with Crippen molar-refractivity contribution in [2.24, 2.45) is 5.73 Å². The van der Waals surface area contributed by atoms with Gasteiger partial charge < -0.3 is 10.6 Å².